The predicted octanol–water partition coefficient (Wildman–Crippen LogP) is 2.26. The van der Waals surface area contributed by atoms with Gasteiger partial charge >= 0.3 is 0 Å². The summed E-state index contributed by atoms with van der Waals surface area (Å²) in [5.74, 6) is 1.10. The molecule has 1 aromatic carbocycles. The van der Waals surface area contributed by atoms with Gasteiger partial charge in [-0.25, -0.2) is 8.42 Å². The number of amides is 1. The third-order valence-corrected chi connectivity index (χ3v) is 7.10. The molecule has 7 nitrogen and oxygen atoms in total. The van der Waals surface area contributed by atoms with Crippen LogP contribution < -0.4 is 4.90 Å². The molecule has 1 aromatic heterocycles. The molecule has 1 aliphatic carbocycles. The van der Waals surface area contributed by atoms with Crippen molar-refractivity contribution >= 4 is 33.2 Å². The summed E-state index contributed by atoms with van der Waals surface area (Å²) in [6, 6.07) is 8.86. The van der Waals surface area contributed by atoms with Crippen LogP contribution in [0.1, 0.15) is 31.1 Å². The second-order valence-corrected chi connectivity index (χ2v) is 9.78. The number of hydrogen-bond donors (Lipinski definition) is 0. The normalized spacial score (nSPS) is 21.6. The third kappa shape index (κ3) is 3.93. The van der Waals surface area contributed by atoms with Gasteiger partial charge in [-0.1, -0.05) is 30.0 Å². The van der Waals surface area contributed by atoms with Crippen LogP contribution in [0.4, 0.5) is 5.69 Å². The lowest BCUT2D eigenvalue weighted by atomic mass is 10.2. The van der Waals surface area contributed by atoms with Crippen LogP contribution in [-0.4, -0.2) is 47.8 Å². The molecule has 2 aliphatic rings. The predicted molar refractivity (Wildman–Crippen MR) is 98.0 cm³/mol. The number of benzene rings is 1. The van der Waals surface area contributed by atoms with Gasteiger partial charge in [-0.15, -0.1) is 10.2 Å². The molecule has 1 saturated heterocycles. The minimum Gasteiger partial charge on any atom is -0.416 e. The van der Waals surface area contributed by atoms with Crippen LogP contribution in [0.3, 0.4) is 0 Å². The van der Waals surface area contributed by atoms with E-state index in [1.807, 2.05) is 30.3 Å². The zero-order chi connectivity index (χ0) is 18.1. The molecular weight excluding hydrogens is 374 g/mol. The minimum absolute atomic E-state index is 0.00465. The number of hydrogen-bond acceptors (Lipinski definition) is 7. The number of nitrogens with zero attached hydrogens (tertiary/aromatic N) is 3. The number of carbonyl (C=O) groups excluding carboxylic acids is 1. The smallest absolute Gasteiger partial charge is 0.277 e. The Labute approximate surface area is 156 Å². The molecule has 0 N–H and O–H groups in total. The molecule has 1 aliphatic heterocycles. The Morgan fingerprint density at radius 1 is 1.19 bits per heavy atom. The van der Waals surface area contributed by atoms with Gasteiger partial charge in [0.25, 0.3) is 5.22 Å². The molecule has 2 fully saturated rings. The van der Waals surface area contributed by atoms with E-state index in [9.17, 15) is 13.2 Å². The Hall–Kier alpha value is -1.87. The van der Waals surface area contributed by atoms with E-state index in [1.165, 1.54) is 11.8 Å². The number of carbonyl (C=O) groups is 1. The summed E-state index contributed by atoms with van der Waals surface area (Å²) in [7, 11) is -3.09. The van der Waals surface area contributed by atoms with Gasteiger partial charge < -0.3 is 9.32 Å². The molecule has 2 aromatic rings. The van der Waals surface area contributed by atoms with Crippen molar-refractivity contribution in [2.24, 2.45) is 0 Å². The summed E-state index contributed by atoms with van der Waals surface area (Å²) >= 11 is 1.20. The molecule has 0 unspecified atom stereocenters. The van der Waals surface area contributed by atoms with E-state index in [4.69, 9.17) is 4.42 Å². The van der Waals surface area contributed by atoms with Gasteiger partial charge in [0.1, 0.15) is 0 Å². The van der Waals surface area contributed by atoms with Crippen LogP contribution in [0, 0.1) is 0 Å². The Morgan fingerprint density at radius 3 is 2.62 bits per heavy atom. The molecule has 0 radical (unpaired) electrons. The van der Waals surface area contributed by atoms with E-state index < -0.39 is 9.84 Å². The highest BCUT2D eigenvalue weighted by Crippen LogP contribution is 2.39. The number of aromatic nitrogens is 2. The summed E-state index contributed by atoms with van der Waals surface area (Å²) < 4.78 is 29.3. The van der Waals surface area contributed by atoms with Crippen LogP contribution in [-0.2, 0) is 14.6 Å². The van der Waals surface area contributed by atoms with E-state index in [1.54, 1.807) is 4.90 Å². The molecule has 1 amide bonds. The van der Waals surface area contributed by atoms with Crippen LogP contribution >= 0.6 is 11.8 Å². The molecule has 0 spiro atoms. The van der Waals surface area contributed by atoms with Gasteiger partial charge in [-0.2, -0.15) is 0 Å². The molecule has 2 heterocycles. The largest absolute Gasteiger partial charge is 0.416 e. The van der Waals surface area contributed by atoms with E-state index in [0.717, 1.165) is 12.8 Å². The first-order chi connectivity index (χ1) is 12.5. The number of thioether (sulfide) groups is 1. The first-order valence-electron chi connectivity index (χ1n) is 8.55. The van der Waals surface area contributed by atoms with Gasteiger partial charge in [-0.3, -0.25) is 4.79 Å². The van der Waals surface area contributed by atoms with Crippen molar-refractivity contribution in [2.45, 2.75) is 36.4 Å². The molecular formula is C17H19N3O4S2. The molecule has 26 heavy (non-hydrogen) atoms. The van der Waals surface area contributed by atoms with Gasteiger partial charge in [0.05, 0.1) is 23.3 Å². The van der Waals surface area contributed by atoms with Crippen molar-refractivity contribution in [3.8, 4) is 0 Å². The highest BCUT2D eigenvalue weighted by atomic mass is 32.2. The topological polar surface area (TPSA) is 93.4 Å². The first kappa shape index (κ1) is 17.5. The quantitative estimate of drug-likeness (QED) is 0.695. The van der Waals surface area contributed by atoms with Crippen LogP contribution in [0.2, 0.25) is 0 Å². The van der Waals surface area contributed by atoms with Crippen molar-refractivity contribution in [1.82, 2.24) is 10.2 Å². The second kappa shape index (κ2) is 7.03. The first-order valence-corrected chi connectivity index (χ1v) is 11.4. The minimum atomic E-state index is -3.09. The third-order valence-electron chi connectivity index (χ3n) is 4.54. The van der Waals surface area contributed by atoms with Crippen molar-refractivity contribution in [3.63, 3.8) is 0 Å². The molecule has 0 bridgehead atoms. The van der Waals surface area contributed by atoms with Crippen LogP contribution in [0.25, 0.3) is 0 Å². The van der Waals surface area contributed by atoms with Crippen LogP contribution in [0.5, 0.6) is 0 Å². The molecule has 9 heteroatoms. The number of rotatable bonds is 6. The summed E-state index contributed by atoms with van der Waals surface area (Å²) in [6.45, 7) is 0. The highest BCUT2D eigenvalue weighted by Gasteiger charge is 2.35. The van der Waals surface area contributed by atoms with E-state index in [2.05, 4.69) is 10.2 Å². The number of para-hydroxylation sites is 1. The van der Waals surface area contributed by atoms with Gasteiger partial charge in [0.2, 0.25) is 11.8 Å². The average molecular weight is 393 g/mol. The zero-order valence-corrected chi connectivity index (χ0v) is 15.7. The maximum Gasteiger partial charge on any atom is 0.277 e. The average Bonchev–Trinajstić information content (AvgIpc) is 3.26. The number of sulfone groups is 1. The number of anilines is 1. The SMILES string of the molecule is O=C(CSc1nnc(C2CC2)o1)N(c1ccccc1)[C@H]1CCS(=O)(=O)C1. The maximum absolute atomic E-state index is 12.9. The van der Waals surface area contributed by atoms with E-state index in [0.29, 0.717) is 29.1 Å². The second-order valence-electron chi connectivity index (χ2n) is 6.63. The fourth-order valence-electron chi connectivity index (χ4n) is 3.09. The monoisotopic (exact) mass is 393 g/mol. The fraction of sp³-hybridized carbons (Fsp3) is 0.471. The van der Waals surface area contributed by atoms with Gasteiger partial charge in [0, 0.05) is 11.6 Å². The van der Waals surface area contributed by atoms with Crippen molar-refractivity contribution in [3.05, 3.63) is 36.2 Å². The highest BCUT2D eigenvalue weighted by molar-refractivity contribution is 7.99. The molecule has 1 saturated carbocycles. The van der Waals surface area contributed by atoms with Crippen molar-refractivity contribution < 1.29 is 17.6 Å². The maximum atomic E-state index is 12.9. The summed E-state index contributed by atoms with van der Waals surface area (Å²) in [5.41, 5.74) is 0.712. The Kier molecular flexibility index (Phi) is 4.74. The fourth-order valence-corrected chi connectivity index (χ4v) is 5.42. The zero-order valence-electron chi connectivity index (χ0n) is 14.1. The summed E-state index contributed by atoms with van der Waals surface area (Å²) in [4.78, 5) is 14.5. The Morgan fingerprint density at radius 2 is 1.96 bits per heavy atom. The van der Waals surface area contributed by atoms with E-state index in [-0.39, 0.29) is 29.2 Å². The van der Waals surface area contributed by atoms with Crippen molar-refractivity contribution in [2.75, 3.05) is 22.2 Å². The molecule has 138 valence electrons. The Balaban J connectivity index is 1.48. The molecule has 4 rings (SSSR count). The lowest BCUT2D eigenvalue weighted by molar-refractivity contribution is -0.116. The Bertz CT molecular complexity index is 894. The van der Waals surface area contributed by atoms with Crippen molar-refractivity contribution in [1.29, 1.82) is 0 Å². The lowest BCUT2D eigenvalue weighted by Crippen LogP contribution is -2.42. The van der Waals surface area contributed by atoms with Gasteiger partial charge in [0.15, 0.2) is 9.84 Å². The summed E-state index contributed by atoms with van der Waals surface area (Å²) in [5, 5.41) is 8.38. The summed E-state index contributed by atoms with van der Waals surface area (Å²) in [6.07, 6.45) is 2.60. The standard InChI is InChI=1S/C17H19N3O4S2/c21-15(10-25-17-19-18-16(24-17)12-6-7-12)20(13-4-2-1-3-5-13)14-8-9-26(22,23)11-14/h1-5,12,14H,6-11H2/t14-/m0/s1. The lowest BCUT2D eigenvalue weighted by Gasteiger charge is -2.28. The van der Waals surface area contributed by atoms with E-state index >= 15 is 0 Å². The molecule has 1 atom stereocenters. The van der Waals surface area contributed by atoms with Gasteiger partial charge in [-0.05, 0) is 31.4 Å². The van der Waals surface area contributed by atoms with Crippen LogP contribution in [0.15, 0.2) is 40.0 Å².